The molecule has 2 fully saturated rings. The van der Waals surface area contributed by atoms with Gasteiger partial charge in [-0.25, -0.2) is 4.98 Å². The van der Waals surface area contributed by atoms with Crippen LogP contribution in [0.25, 0.3) is 0 Å². The fourth-order valence-corrected chi connectivity index (χ4v) is 3.83. The van der Waals surface area contributed by atoms with Crippen molar-refractivity contribution in [1.29, 1.82) is 0 Å². The van der Waals surface area contributed by atoms with Crippen LogP contribution in [0.2, 0.25) is 0 Å². The second-order valence-corrected chi connectivity index (χ2v) is 5.87. The van der Waals surface area contributed by atoms with E-state index in [4.69, 9.17) is 0 Å². The van der Waals surface area contributed by atoms with Gasteiger partial charge in [-0.1, -0.05) is 6.42 Å². The van der Waals surface area contributed by atoms with Crippen molar-refractivity contribution in [3.05, 3.63) is 16.6 Å². The maximum absolute atomic E-state index is 11.6. The van der Waals surface area contributed by atoms with Gasteiger partial charge in [-0.3, -0.25) is 9.69 Å². The number of aromatic nitrogens is 1. The summed E-state index contributed by atoms with van der Waals surface area (Å²) in [4.78, 5) is 18.5. The van der Waals surface area contributed by atoms with Crippen molar-refractivity contribution < 1.29 is 4.79 Å². The molecule has 2 unspecified atom stereocenters. The van der Waals surface area contributed by atoms with Crippen LogP contribution in [0, 0.1) is 0 Å². The van der Waals surface area contributed by atoms with Gasteiger partial charge in [0, 0.05) is 43.3 Å². The van der Waals surface area contributed by atoms with Gasteiger partial charge in [-0.05, 0) is 12.8 Å². The Bertz CT molecular complexity index is 374. The van der Waals surface area contributed by atoms with E-state index in [1.165, 1.54) is 25.0 Å². The Morgan fingerprint density at radius 1 is 1.35 bits per heavy atom. The highest BCUT2D eigenvalue weighted by Gasteiger charge is 2.36. The van der Waals surface area contributed by atoms with Crippen LogP contribution in [0.4, 0.5) is 0 Å². The molecule has 0 spiro atoms. The van der Waals surface area contributed by atoms with E-state index in [1.807, 2.05) is 5.51 Å². The molecule has 3 nitrogen and oxygen atoms in total. The Morgan fingerprint density at radius 3 is 2.76 bits per heavy atom. The average Bonchev–Trinajstić information content (AvgIpc) is 2.79. The Morgan fingerprint density at radius 2 is 2.12 bits per heavy atom. The lowest BCUT2D eigenvalue weighted by Gasteiger charge is -2.45. The van der Waals surface area contributed by atoms with Crippen LogP contribution in [0.5, 0.6) is 0 Å². The molecule has 1 aromatic heterocycles. The lowest BCUT2D eigenvalue weighted by molar-refractivity contribution is -0.127. The van der Waals surface area contributed by atoms with E-state index in [-0.39, 0.29) is 0 Å². The van der Waals surface area contributed by atoms with Crippen molar-refractivity contribution in [3.8, 4) is 0 Å². The normalized spacial score (nSPS) is 29.5. The molecule has 2 aliphatic rings. The van der Waals surface area contributed by atoms with Crippen molar-refractivity contribution in [1.82, 2.24) is 9.88 Å². The minimum absolute atomic E-state index is 0.476. The predicted octanol–water partition coefficient (Wildman–Crippen LogP) is 2.27. The third-order valence-corrected chi connectivity index (χ3v) is 4.68. The van der Waals surface area contributed by atoms with E-state index in [0.717, 1.165) is 25.8 Å². The highest BCUT2D eigenvalue weighted by Crippen LogP contribution is 2.32. The van der Waals surface area contributed by atoms with E-state index in [2.05, 4.69) is 15.3 Å². The molecule has 4 heteroatoms. The van der Waals surface area contributed by atoms with Gasteiger partial charge in [-0.15, -0.1) is 11.3 Å². The van der Waals surface area contributed by atoms with E-state index < -0.39 is 0 Å². The van der Waals surface area contributed by atoms with E-state index in [9.17, 15) is 4.79 Å². The summed E-state index contributed by atoms with van der Waals surface area (Å²) in [5.41, 5.74) is 3.10. The summed E-state index contributed by atoms with van der Waals surface area (Å²) < 4.78 is 0. The van der Waals surface area contributed by atoms with Gasteiger partial charge in [0.15, 0.2) is 0 Å². The topological polar surface area (TPSA) is 33.2 Å². The SMILES string of the molecule is O=C1CC2CCCC(C1)N2CCc1cscn1. The molecule has 0 saturated carbocycles. The van der Waals surface area contributed by atoms with Crippen LogP contribution in [0.1, 0.15) is 37.8 Å². The largest absolute Gasteiger partial charge is 0.300 e. The summed E-state index contributed by atoms with van der Waals surface area (Å²) in [6.45, 7) is 1.08. The van der Waals surface area contributed by atoms with Gasteiger partial charge in [0.2, 0.25) is 0 Å². The van der Waals surface area contributed by atoms with Crippen LogP contribution in [-0.2, 0) is 11.2 Å². The van der Waals surface area contributed by atoms with Crippen molar-refractivity contribution in [3.63, 3.8) is 0 Å². The molecule has 0 aromatic carbocycles. The Balaban J connectivity index is 1.64. The molecule has 2 bridgehead atoms. The summed E-state index contributed by atoms with van der Waals surface area (Å²) in [5, 5.41) is 2.13. The summed E-state index contributed by atoms with van der Waals surface area (Å²) in [6.07, 6.45) is 6.32. The van der Waals surface area contributed by atoms with Gasteiger partial charge in [-0.2, -0.15) is 0 Å². The average molecular weight is 250 g/mol. The standard InChI is InChI=1S/C13H18N2OS/c16-13-6-11-2-1-3-12(7-13)15(11)5-4-10-8-17-9-14-10/h8-9,11-12H,1-7H2. The molecule has 0 aliphatic carbocycles. The predicted molar refractivity (Wildman–Crippen MR) is 68.2 cm³/mol. The first kappa shape index (κ1) is 11.4. The first-order valence-electron chi connectivity index (χ1n) is 6.47. The number of ketones is 1. The molecule has 0 amide bonds. The summed E-state index contributed by atoms with van der Waals surface area (Å²) in [6, 6.07) is 1.04. The third kappa shape index (κ3) is 2.43. The number of carbonyl (C=O) groups is 1. The first-order chi connectivity index (χ1) is 8.33. The smallest absolute Gasteiger partial charge is 0.136 e. The van der Waals surface area contributed by atoms with Crippen LogP contribution >= 0.6 is 11.3 Å². The van der Waals surface area contributed by atoms with Crippen molar-refractivity contribution >= 4 is 17.1 Å². The maximum atomic E-state index is 11.6. The number of carbonyl (C=O) groups excluding carboxylic acids is 1. The maximum Gasteiger partial charge on any atom is 0.136 e. The van der Waals surface area contributed by atoms with E-state index in [1.54, 1.807) is 11.3 Å². The molecular formula is C13H18N2OS. The minimum Gasteiger partial charge on any atom is -0.300 e. The number of piperidine rings is 2. The van der Waals surface area contributed by atoms with Crippen LogP contribution in [-0.4, -0.2) is 34.3 Å². The lowest BCUT2D eigenvalue weighted by atomic mass is 9.83. The van der Waals surface area contributed by atoms with Gasteiger partial charge in [0.05, 0.1) is 11.2 Å². The second kappa shape index (κ2) is 4.86. The number of hydrogen-bond acceptors (Lipinski definition) is 4. The number of thiazole rings is 1. The zero-order valence-corrected chi connectivity index (χ0v) is 10.8. The zero-order chi connectivity index (χ0) is 11.7. The van der Waals surface area contributed by atoms with E-state index >= 15 is 0 Å². The molecule has 3 rings (SSSR count). The fraction of sp³-hybridized carbons (Fsp3) is 0.692. The molecule has 3 heterocycles. The van der Waals surface area contributed by atoms with Crippen molar-refractivity contribution in [2.24, 2.45) is 0 Å². The first-order valence-corrected chi connectivity index (χ1v) is 7.42. The minimum atomic E-state index is 0.476. The van der Waals surface area contributed by atoms with Gasteiger partial charge in [0.1, 0.15) is 5.78 Å². The van der Waals surface area contributed by atoms with Crippen molar-refractivity contribution in [2.45, 2.75) is 50.6 Å². The van der Waals surface area contributed by atoms with Crippen LogP contribution in [0.15, 0.2) is 10.9 Å². The summed E-state index contributed by atoms with van der Waals surface area (Å²) in [7, 11) is 0. The van der Waals surface area contributed by atoms with Gasteiger partial charge in [0.25, 0.3) is 0 Å². The molecule has 17 heavy (non-hydrogen) atoms. The molecule has 0 radical (unpaired) electrons. The molecule has 0 N–H and O–H groups in total. The summed E-state index contributed by atoms with van der Waals surface area (Å²) in [5.74, 6) is 0.476. The second-order valence-electron chi connectivity index (χ2n) is 5.15. The number of nitrogens with zero attached hydrogens (tertiary/aromatic N) is 2. The number of Topliss-reactive ketones (excluding diaryl/α,β-unsaturated/α-hetero) is 1. The highest BCUT2D eigenvalue weighted by molar-refractivity contribution is 7.07. The molecular weight excluding hydrogens is 232 g/mol. The van der Waals surface area contributed by atoms with Crippen molar-refractivity contribution in [2.75, 3.05) is 6.54 Å². The quantitative estimate of drug-likeness (QED) is 0.825. The Labute approximate surface area is 106 Å². The zero-order valence-electron chi connectivity index (χ0n) is 9.97. The Hall–Kier alpha value is -0.740. The molecule has 1 aromatic rings. The summed E-state index contributed by atoms with van der Waals surface area (Å²) >= 11 is 1.66. The lowest BCUT2D eigenvalue weighted by Crippen LogP contribution is -2.52. The van der Waals surface area contributed by atoms with Gasteiger partial charge >= 0.3 is 0 Å². The number of rotatable bonds is 3. The monoisotopic (exact) mass is 250 g/mol. The van der Waals surface area contributed by atoms with Gasteiger partial charge < -0.3 is 0 Å². The molecule has 2 saturated heterocycles. The molecule has 2 atom stereocenters. The van der Waals surface area contributed by atoms with E-state index in [0.29, 0.717) is 17.9 Å². The molecule has 92 valence electrons. The Kier molecular flexibility index (Phi) is 3.25. The number of fused-ring (bicyclic) bond motifs is 2. The molecule has 2 aliphatic heterocycles. The highest BCUT2D eigenvalue weighted by atomic mass is 32.1. The van der Waals surface area contributed by atoms with Crippen LogP contribution in [0.3, 0.4) is 0 Å². The number of hydrogen-bond donors (Lipinski definition) is 0. The third-order valence-electron chi connectivity index (χ3n) is 4.05. The van der Waals surface area contributed by atoms with Crippen LogP contribution < -0.4 is 0 Å². The fourth-order valence-electron chi connectivity index (χ4n) is 3.24.